The lowest BCUT2D eigenvalue weighted by Gasteiger charge is -2.29. The van der Waals surface area contributed by atoms with E-state index in [1.54, 1.807) is 12.1 Å². The first-order valence-corrected chi connectivity index (χ1v) is 7.04. The lowest BCUT2D eigenvalue weighted by molar-refractivity contribution is -0.384. The summed E-state index contributed by atoms with van der Waals surface area (Å²) in [5.74, 6) is 0. The molecular formula is C13H19ClN4O2. The molecule has 1 N–H and O–H groups in total. The van der Waals surface area contributed by atoms with Gasteiger partial charge in [-0.05, 0) is 12.1 Å². The zero-order valence-corrected chi connectivity index (χ0v) is 12.3. The number of benzene rings is 1. The first-order valence-electron chi connectivity index (χ1n) is 6.66. The summed E-state index contributed by atoms with van der Waals surface area (Å²) in [7, 11) is 1.86. The second-order valence-corrected chi connectivity index (χ2v) is 5.34. The quantitative estimate of drug-likeness (QED) is 0.661. The molecule has 0 atom stereocenters. The van der Waals surface area contributed by atoms with Gasteiger partial charge in [-0.2, -0.15) is 0 Å². The van der Waals surface area contributed by atoms with Crippen molar-refractivity contribution in [2.24, 2.45) is 0 Å². The largest absolute Gasteiger partial charge is 0.368 e. The zero-order chi connectivity index (χ0) is 14.5. The van der Waals surface area contributed by atoms with Crippen molar-refractivity contribution >= 4 is 23.0 Å². The van der Waals surface area contributed by atoms with Gasteiger partial charge in [0.05, 0.1) is 4.92 Å². The van der Waals surface area contributed by atoms with Gasteiger partial charge in [-0.25, -0.2) is 0 Å². The minimum atomic E-state index is -0.368. The van der Waals surface area contributed by atoms with Crippen LogP contribution in [0.3, 0.4) is 0 Å². The highest BCUT2D eigenvalue weighted by molar-refractivity contribution is 6.31. The van der Waals surface area contributed by atoms with Crippen molar-refractivity contribution in [1.82, 2.24) is 10.2 Å². The highest BCUT2D eigenvalue weighted by atomic mass is 35.5. The Morgan fingerprint density at radius 2 is 2.15 bits per heavy atom. The van der Waals surface area contributed by atoms with E-state index < -0.39 is 0 Å². The SMILES string of the molecule is CN(CCN1CCNCC1)c1cc(Cl)ccc1[N+](=O)[O-]. The van der Waals surface area contributed by atoms with E-state index in [0.29, 0.717) is 10.7 Å². The third kappa shape index (κ3) is 3.82. The zero-order valence-electron chi connectivity index (χ0n) is 11.5. The lowest BCUT2D eigenvalue weighted by Crippen LogP contribution is -2.46. The Morgan fingerprint density at radius 1 is 1.45 bits per heavy atom. The molecule has 110 valence electrons. The number of nitrogens with zero attached hydrogens (tertiary/aromatic N) is 3. The molecule has 1 aliphatic heterocycles. The topological polar surface area (TPSA) is 61.6 Å². The van der Waals surface area contributed by atoms with Crippen molar-refractivity contribution in [3.63, 3.8) is 0 Å². The molecule has 0 aliphatic carbocycles. The van der Waals surface area contributed by atoms with Gasteiger partial charge in [0, 0.05) is 57.4 Å². The summed E-state index contributed by atoms with van der Waals surface area (Å²) in [6.07, 6.45) is 0. The van der Waals surface area contributed by atoms with Crippen LogP contribution in [-0.4, -0.2) is 56.1 Å². The predicted molar refractivity (Wildman–Crippen MR) is 80.7 cm³/mol. The van der Waals surface area contributed by atoms with Gasteiger partial charge in [0.2, 0.25) is 0 Å². The van der Waals surface area contributed by atoms with Crippen LogP contribution < -0.4 is 10.2 Å². The number of nitro benzene ring substituents is 1. The first kappa shape index (κ1) is 15.0. The van der Waals surface area contributed by atoms with Gasteiger partial charge in [-0.1, -0.05) is 11.6 Å². The molecule has 20 heavy (non-hydrogen) atoms. The van der Waals surface area contributed by atoms with Crippen LogP contribution in [0.25, 0.3) is 0 Å². The molecule has 0 radical (unpaired) electrons. The van der Waals surface area contributed by atoms with E-state index in [-0.39, 0.29) is 10.6 Å². The van der Waals surface area contributed by atoms with Crippen LogP contribution in [0.5, 0.6) is 0 Å². The van der Waals surface area contributed by atoms with Gasteiger partial charge < -0.3 is 10.2 Å². The van der Waals surface area contributed by atoms with E-state index in [0.717, 1.165) is 39.3 Å². The Morgan fingerprint density at radius 3 is 2.80 bits per heavy atom. The summed E-state index contributed by atoms with van der Waals surface area (Å²) in [5.41, 5.74) is 0.662. The van der Waals surface area contributed by atoms with Crippen LogP contribution in [-0.2, 0) is 0 Å². The van der Waals surface area contributed by atoms with Gasteiger partial charge in [0.25, 0.3) is 5.69 Å². The Bertz CT molecular complexity index is 477. The molecule has 7 heteroatoms. The average Bonchev–Trinajstić information content (AvgIpc) is 2.45. The molecule has 1 saturated heterocycles. The van der Waals surface area contributed by atoms with Crippen LogP contribution in [0.1, 0.15) is 0 Å². The molecule has 1 fully saturated rings. The first-order chi connectivity index (χ1) is 9.58. The van der Waals surface area contributed by atoms with Crippen molar-refractivity contribution in [3.05, 3.63) is 33.3 Å². The summed E-state index contributed by atoms with van der Waals surface area (Å²) in [6, 6.07) is 4.66. The maximum absolute atomic E-state index is 11.1. The molecule has 1 aromatic carbocycles. The molecular weight excluding hydrogens is 280 g/mol. The number of likely N-dealkylation sites (N-methyl/N-ethyl adjacent to an activating group) is 1. The molecule has 0 saturated carbocycles. The number of hydrogen-bond acceptors (Lipinski definition) is 5. The number of nitrogens with one attached hydrogen (secondary N) is 1. The fourth-order valence-corrected chi connectivity index (χ4v) is 2.47. The third-order valence-corrected chi connectivity index (χ3v) is 3.74. The molecule has 0 spiro atoms. The van der Waals surface area contributed by atoms with Crippen LogP contribution >= 0.6 is 11.6 Å². The normalized spacial score (nSPS) is 16.1. The molecule has 1 aromatic rings. The molecule has 1 heterocycles. The fraction of sp³-hybridized carbons (Fsp3) is 0.538. The molecule has 0 bridgehead atoms. The molecule has 0 aromatic heterocycles. The fourth-order valence-electron chi connectivity index (χ4n) is 2.30. The van der Waals surface area contributed by atoms with E-state index in [9.17, 15) is 10.1 Å². The Balaban J connectivity index is 2.02. The number of anilines is 1. The van der Waals surface area contributed by atoms with Crippen molar-refractivity contribution in [1.29, 1.82) is 0 Å². The minimum absolute atomic E-state index is 0.0946. The van der Waals surface area contributed by atoms with Crippen molar-refractivity contribution in [3.8, 4) is 0 Å². The van der Waals surface area contributed by atoms with Crippen molar-refractivity contribution in [2.75, 3.05) is 51.2 Å². The molecule has 0 unspecified atom stereocenters. The second kappa shape index (κ2) is 6.88. The maximum Gasteiger partial charge on any atom is 0.292 e. The highest BCUT2D eigenvalue weighted by Crippen LogP contribution is 2.30. The van der Waals surface area contributed by atoms with E-state index in [1.807, 2.05) is 11.9 Å². The van der Waals surface area contributed by atoms with Crippen LogP contribution in [0.2, 0.25) is 5.02 Å². The number of halogens is 1. The number of hydrogen-bond donors (Lipinski definition) is 1. The van der Waals surface area contributed by atoms with E-state index in [2.05, 4.69) is 10.2 Å². The maximum atomic E-state index is 11.1. The van der Waals surface area contributed by atoms with Crippen LogP contribution in [0.4, 0.5) is 11.4 Å². The van der Waals surface area contributed by atoms with Gasteiger partial charge in [-0.3, -0.25) is 15.0 Å². The van der Waals surface area contributed by atoms with Gasteiger partial charge >= 0.3 is 0 Å². The predicted octanol–water partition coefficient (Wildman–Crippen LogP) is 1.59. The average molecular weight is 299 g/mol. The van der Waals surface area contributed by atoms with Gasteiger partial charge in [0.15, 0.2) is 0 Å². The Labute approximate surface area is 123 Å². The Hall–Kier alpha value is -1.37. The van der Waals surface area contributed by atoms with Crippen LogP contribution in [0, 0.1) is 10.1 Å². The van der Waals surface area contributed by atoms with E-state index in [4.69, 9.17) is 11.6 Å². The smallest absolute Gasteiger partial charge is 0.292 e. The summed E-state index contributed by atoms with van der Waals surface area (Å²) in [5, 5.41) is 14.9. The lowest BCUT2D eigenvalue weighted by atomic mass is 10.2. The third-order valence-electron chi connectivity index (χ3n) is 3.51. The van der Waals surface area contributed by atoms with Crippen molar-refractivity contribution in [2.45, 2.75) is 0 Å². The van der Waals surface area contributed by atoms with Crippen LogP contribution in [0.15, 0.2) is 18.2 Å². The second-order valence-electron chi connectivity index (χ2n) is 4.90. The minimum Gasteiger partial charge on any atom is -0.368 e. The number of piperazine rings is 1. The molecule has 0 amide bonds. The monoisotopic (exact) mass is 298 g/mol. The highest BCUT2D eigenvalue weighted by Gasteiger charge is 2.18. The van der Waals surface area contributed by atoms with E-state index in [1.165, 1.54) is 6.07 Å². The summed E-state index contributed by atoms with van der Waals surface area (Å²) in [6.45, 7) is 5.67. The van der Waals surface area contributed by atoms with Crippen molar-refractivity contribution < 1.29 is 4.92 Å². The molecule has 2 rings (SSSR count). The number of rotatable bonds is 5. The Kier molecular flexibility index (Phi) is 5.17. The summed E-state index contributed by atoms with van der Waals surface area (Å²) >= 11 is 5.95. The van der Waals surface area contributed by atoms with E-state index >= 15 is 0 Å². The molecule has 1 aliphatic rings. The van der Waals surface area contributed by atoms with Gasteiger partial charge in [0.1, 0.15) is 5.69 Å². The number of nitro groups is 1. The van der Waals surface area contributed by atoms with Gasteiger partial charge in [-0.15, -0.1) is 0 Å². The summed E-state index contributed by atoms with van der Waals surface area (Å²) < 4.78 is 0. The summed E-state index contributed by atoms with van der Waals surface area (Å²) in [4.78, 5) is 14.9. The molecule has 6 nitrogen and oxygen atoms in total. The standard InChI is InChI=1S/C13H19ClN4O2/c1-16(8-9-17-6-4-15-5-7-17)13-10-11(14)2-3-12(13)18(19)20/h2-3,10,15H,4-9H2,1H3.